The van der Waals surface area contributed by atoms with E-state index in [2.05, 4.69) is 0 Å². The first-order valence-corrected chi connectivity index (χ1v) is 8.23. The van der Waals surface area contributed by atoms with Crippen molar-refractivity contribution in [3.8, 4) is 0 Å². The monoisotopic (exact) mass is 400 g/mol. The van der Waals surface area contributed by atoms with Gasteiger partial charge in [0, 0.05) is 26.8 Å². The molecule has 28 heavy (non-hydrogen) atoms. The number of esters is 3. The molecule has 1 aromatic rings. The molecule has 2 heterocycles. The van der Waals surface area contributed by atoms with E-state index in [0.29, 0.717) is 0 Å². The molecule has 0 unspecified atom stereocenters. The predicted octanol–water partition coefficient (Wildman–Crippen LogP) is -1.65. The van der Waals surface area contributed by atoms with Crippen molar-refractivity contribution in [1.82, 2.24) is 9.55 Å². The largest absolute Gasteiger partial charge is 0.463 e. The zero-order valence-corrected chi connectivity index (χ0v) is 15.4. The van der Waals surface area contributed by atoms with Crippen LogP contribution in [0.3, 0.4) is 0 Å². The average Bonchev–Trinajstić information content (AvgIpc) is 2.88. The summed E-state index contributed by atoms with van der Waals surface area (Å²) in [7, 11) is 0. The number of carbonyl (C=O) groups excluding carboxylic acids is 3. The molecule has 0 spiro atoms. The Morgan fingerprint density at radius 2 is 1.71 bits per heavy atom. The van der Waals surface area contributed by atoms with Gasteiger partial charge in [0.25, 0.3) is 5.56 Å². The summed E-state index contributed by atoms with van der Waals surface area (Å²) in [6.45, 7) is 2.33. The van der Waals surface area contributed by atoms with Gasteiger partial charge in [0.05, 0.1) is 12.3 Å². The van der Waals surface area contributed by atoms with Crippen LogP contribution in [0.25, 0.3) is 0 Å². The Hall–Kier alpha value is -2.99. The lowest BCUT2D eigenvalue weighted by molar-refractivity contribution is -0.166. The van der Waals surface area contributed by atoms with Crippen LogP contribution in [0, 0.1) is 0 Å². The molecule has 12 heteroatoms. The Bertz CT molecular complexity index is 873. The zero-order valence-electron chi connectivity index (χ0n) is 15.4. The van der Waals surface area contributed by atoms with Crippen LogP contribution in [-0.4, -0.2) is 57.5 Å². The number of aliphatic hydroxyl groups excluding tert-OH is 1. The highest BCUT2D eigenvalue weighted by Crippen LogP contribution is 2.34. The number of H-pyrrole nitrogens is 1. The van der Waals surface area contributed by atoms with Crippen LogP contribution >= 0.6 is 0 Å². The van der Waals surface area contributed by atoms with Gasteiger partial charge in [-0.05, 0) is 0 Å². The van der Waals surface area contributed by atoms with Gasteiger partial charge >= 0.3 is 23.6 Å². The molecule has 1 aliphatic heterocycles. The van der Waals surface area contributed by atoms with Gasteiger partial charge in [0.1, 0.15) is 12.7 Å². The van der Waals surface area contributed by atoms with Crippen LogP contribution < -0.4 is 11.2 Å². The molecule has 0 aromatic carbocycles. The Morgan fingerprint density at radius 1 is 1.11 bits per heavy atom. The topological polar surface area (TPSA) is 163 Å². The second kappa shape index (κ2) is 8.80. The number of carbonyl (C=O) groups is 3. The molecule has 1 fully saturated rings. The molecule has 1 saturated heterocycles. The Balaban J connectivity index is 2.53. The van der Waals surface area contributed by atoms with Gasteiger partial charge < -0.3 is 24.1 Å². The number of hydrogen-bond acceptors (Lipinski definition) is 10. The molecular weight excluding hydrogens is 380 g/mol. The van der Waals surface area contributed by atoms with E-state index in [9.17, 15) is 29.1 Å². The second-order valence-corrected chi connectivity index (χ2v) is 5.97. The molecule has 1 aromatic heterocycles. The van der Waals surface area contributed by atoms with E-state index in [1.807, 2.05) is 4.98 Å². The maximum absolute atomic E-state index is 12.3. The van der Waals surface area contributed by atoms with Crippen LogP contribution in [0.15, 0.2) is 15.7 Å². The number of hydrogen-bond donors (Lipinski definition) is 2. The highest BCUT2D eigenvalue weighted by Gasteiger charge is 2.51. The minimum Gasteiger partial charge on any atom is -0.463 e. The molecule has 0 amide bonds. The van der Waals surface area contributed by atoms with E-state index in [4.69, 9.17) is 18.9 Å². The number of nitrogens with zero attached hydrogens (tertiary/aromatic N) is 1. The number of aromatic nitrogens is 2. The van der Waals surface area contributed by atoms with Crippen LogP contribution in [0.4, 0.5) is 0 Å². The molecule has 0 radical (unpaired) electrons. The minimum atomic E-state index is -1.36. The smallest absolute Gasteiger partial charge is 0.330 e. The molecule has 0 saturated carbocycles. The van der Waals surface area contributed by atoms with Crippen molar-refractivity contribution >= 4 is 17.9 Å². The number of nitrogens with one attached hydrogen (secondary N) is 1. The molecule has 0 bridgehead atoms. The number of rotatable bonds is 6. The van der Waals surface area contributed by atoms with Crippen LogP contribution in [-0.2, 0) is 39.9 Å². The van der Waals surface area contributed by atoms with E-state index in [-0.39, 0.29) is 12.3 Å². The third-order valence-corrected chi connectivity index (χ3v) is 3.81. The fraction of sp³-hybridized carbons (Fsp3) is 0.562. The molecule has 4 atom stereocenters. The highest BCUT2D eigenvalue weighted by atomic mass is 16.7. The van der Waals surface area contributed by atoms with Gasteiger partial charge in [-0.15, -0.1) is 0 Å². The molecule has 12 nitrogen and oxygen atoms in total. The van der Waals surface area contributed by atoms with Crippen molar-refractivity contribution in [3.63, 3.8) is 0 Å². The fourth-order valence-electron chi connectivity index (χ4n) is 2.85. The summed E-state index contributed by atoms with van der Waals surface area (Å²) >= 11 is 0. The third-order valence-electron chi connectivity index (χ3n) is 3.81. The summed E-state index contributed by atoms with van der Waals surface area (Å²) in [5.41, 5.74) is -1.81. The lowest BCUT2D eigenvalue weighted by Gasteiger charge is -2.24. The molecular formula is C16H20N2O10. The van der Waals surface area contributed by atoms with Gasteiger partial charge in [-0.3, -0.25) is 28.7 Å². The van der Waals surface area contributed by atoms with E-state index in [1.165, 1.54) is 0 Å². The van der Waals surface area contributed by atoms with Gasteiger partial charge in [0.15, 0.2) is 18.4 Å². The van der Waals surface area contributed by atoms with Crippen molar-refractivity contribution in [1.29, 1.82) is 0 Å². The maximum Gasteiger partial charge on any atom is 0.330 e. The first kappa shape index (κ1) is 21.3. The molecule has 154 valence electrons. The summed E-state index contributed by atoms with van der Waals surface area (Å²) in [4.78, 5) is 60.1. The third kappa shape index (κ3) is 4.84. The van der Waals surface area contributed by atoms with E-state index >= 15 is 0 Å². The Morgan fingerprint density at radius 3 is 2.25 bits per heavy atom. The lowest BCUT2D eigenvalue weighted by atomic mass is 10.1. The number of aromatic amines is 1. The number of aliphatic hydroxyl groups is 1. The van der Waals surface area contributed by atoms with Crippen molar-refractivity contribution in [2.24, 2.45) is 0 Å². The van der Waals surface area contributed by atoms with E-state index in [0.717, 1.165) is 31.4 Å². The van der Waals surface area contributed by atoms with Crippen LogP contribution in [0.1, 0.15) is 32.7 Å². The van der Waals surface area contributed by atoms with Crippen LogP contribution in [0.2, 0.25) is 0 Å². The fourth-order valence-corrected chi connectivity index (χ4v) is 2.85. The normalized spacial score (nSPS) is 23.9. The van der Waals surface area contributed by atoms with Gasteiger partial charge in [-0.25, -0.2) is 4.79 Å². The van der Waals surface area contributed by atoms with Gasteiger partial charge in [-0.2, -0.15) is 0 Å². The van der Waals surface area contributed by atoms with Crippen molar-refractivity contribution < 1.29 is 38.4 Å². The molecule has 1 aliphatic rings. The highest BCUT2D eigenvalue weighted by molar-refractivity contribution is 5.68. The Labute approximate surface area is 158 Å². The summed E-state index contributed by atoms with van der Waals surface area (Å²) in [5.74, 6) is -2.11. The standard InChI is InChI=1S/C16H20N2O10/c1-7(20)25-6-11-13(26-8(2)21)14(27-9(3)22)15(28-11)18-10(5-19)4-12(23)17-16(18)24/h4,11,13-15,19H,5-6H2,1-3H3,(H,17,23,24)/t11-,13-,14-,15-/m1/s1. The lowest BCUT2D eigenvalue weighted by Crippen LogP contribution is -2.43. The predicted molar refractivity (Wildman–Crippen MR) is 88.9 cm³/mol. The SMILES string of the molecule is CC(=O)OC[C@H]1O[C@@H](n2c(CO)cc(=O)[nH]c2=O)[C@H](OC(C)=O)[C@@H]1OC(C)=O. The summed E-state index contributed by atoms with van der Waals surface area (Å²) in [6, 6.07) is 0.968. The van der Waals surface area contributed by atoms with Gasteiger partial charge in [-0.1, -0.05) is 0 Å². The summed E-state index contributed by atoms with van der Waals surface area (Å²) < 4.78 is 21.8. The molecule has 2 rings (SSSR count). The summed E-state index contributed by atoms with van der Waals surface area (Å²) in [5, 5.41) is 9.52. The zero-order chi connectivity index (χ0) is 21.0. The average molecular weight is 400 g/mol. The van der Waals surface area contributed by atoms with Crippen molar-refractivity contribution in [2.75, 3.05) is 6.61 Å². The first-order valence-electron chi connectivity index (χ1n) is 8.23. The van der Waals surface area contributed by atoms with Crippen LogP contribution in [0.5, 0.6) is 0 Å². The van der Waals surface area contributed by atoms with Gasteiger partial charge in [0.2, 0.25) is 0 Å². The molecule has 0 aliphatic carbocycles. The first-order chi connectivity index (χ1) is 13.1. The quantitative estimate of drug-likeness (QED) is 0.418. The summed E-state index contributed by atoms with van der Waals surface area (Å²) in [6.07, 6.45) is -4.96. The maximum atomic E-state index is 12.3. The van der Waals surface area contributed by atoms with Crippen molar-refractivity contribution in [3.05, 3.63) is 32.6 Å². The second-order valence-electron chi connectivity index (χ2n) is 5.97. The van der Waals surface area contributed by atoms with E-state index < -0.39 is 60.3 Å². The van der Waals surface area contributed by atoms with Crippen molar-refractivity contribution in [2.45, 2.75) is 51.9 Å². The molecule has 2 N–H and O–H groups in total. The Kier molecular flexibility index (Phi) is 6.70. The van der Waals surface area contributed by atoms with E-state index in [1.54, 1.807) is 0 Å². The number of ether oxygens (including phenoxy) is 4. The minimum absolute atomic E-state index is 0.120.